The van der Waals surface area contributed by atoms with Crippen molar-refractivity contribution in [2.24, 2.45) is 0 Å². The maximum absolute atomic E-state index is 5.63. The molecule has 0 saturated carbocycles. The van der Waals surface area contributed by atoms with Gasteiger partial charge in [-0.3, -0.25) is 0 Å². The minimum Gasteiger partial charge on any atom is -0.380 e. The van der Waals surface area contributed by atoms with Gasteiger partial charge in [-0.15, -0.1) is 11.3 Å². The molecule has 2 N–H and O–H groups in total. The average molecular weight is 278 g/mol. The van der Waals surface area contributed by atoms with Crippen molar-refractivity contribution in [1.29, 1.82) is 0 Å². The summed E-state index contributed by atoms with van der Waals surface area (Å²) in [5, 5.41) is 9.91. The second kappa shape index (κ2) is 8.27. The van der Waals surface area contributed by atoms with Crippen LogP contribution in [-0.2, 0) is 11.2 Å². The van der Waals surface area contributed by atoms with E-state index in [1.165, 1.54) is 15.6 Å². The first kappa shape index (κ1) is 14.5. The lowest BCUT2D eigenvalue weighted by atomic mass is 10.1. The zero-order valence-corrected chi connectivity index (χ0v) is 12.3. The number of nitrogens with one attached hydrogen (secondary N) is 2. The Labute approximate surface area is 119 Å². The molecule has 0 unspecified atom stereocenters. The predicted octanol–water partition coefficient (Wildman–Crippen LogP) is 2.27. The largest absolute Gasteiger partial charge is 0.380 e. The van der Waals surface area contributed by atoms with E-state index >= 15 is 0 Å². The lowest BCUT2D eigenvalue weighted by Crippen LogP contribution is -2.27. The number of hydrogen-bond donors (Lipinski definition) is 2. The molecular weight excluding hydrogens is 256 g/mol. The van der Waals surface area contributed by atoms with Crippen molar-refractivity contribution >= 4 is 21.4 Å². The van der Waals surface area contributed by atoms with Gasteiger partial charge in [0.1, 0.15) is 0 Å². The molecule has 1 aromatic carbocycles. The van der Waals surface area contributed by atoms with Gasteiger partial charge in [0.2, 0.25) is 0 Å². The Hall–Kier alpha value is -0.940. The molecule has 3 nitrogen and oxygen atoms in total. The number of ether oxygens (including phenoxy) is 1. The summed E-state index contributed by atoms with van der Waals surface area (Å²) >= 11 is 1.79. The highest BCUT2D eigenvalue weighted by Crippen LogP contribution is 2.21. The molecule has 0 amide bonds. The Kier molecular flexibility index (Phi) is 6.30. The van der Waals surface area contributed by atoms with E-state index in [1.54, 1.807) is 11.3 Å². The standard InChI is InChI=1S/C15H22N2OS/c1-16-6-7-17-8-10-18-9-4-13-2-3-15-14(12-13)5-11-19-15/h2-3,5,11-12,16-17H,4,6-10H2,1H3. The van der Waals surface area contributed by atoms with E-state index in [4.69, 9.17) is 4.74 Å². The molecule has 2 aromatic rings. The van der Waals surface area contributed by atoms with Crippen molar-refractivity contribution < 1.29 is 4.74 Å². The topological polar surface area (TPSA) is 33.3 Å². The first-order valence-electron chi connectivity index (χ1n) is 6.79. The van der Waals surface area contributed by atoms with Gasteiger partial charge in [-0.1, -0.05) is 12.1 Å². The van der Waals surface area contributed by atoms with Gasteiger partial charge in [-0.05, 0) is 41.9 Å². The van der Waals surface area contributed by atoms with Gasteiger partial charge in [0, 0.05) is 24.3 Å². The van der Waals surface area contributed by atoms with Crippen LogP contribution in [0.3, 0.4) is 0 Å². The number of likely N-dealkylation sites (N-methyl/N-ethyl adjacent to an activating group) is 1. The fourth-order valence-electron chi connectivity index (χ4n) is 1.95. The van der Waals surface area contributed by atoms with Crippen LogP contribution in [-0.4, -0.2) is 39.9 Å². The molecule has 0 spiro atoms. The molecule has 1 heterocycles. The molecule has 0 radical (unpaired) electrons. The number of fused-ring (bicyclic) bond motifs is 1. The first-order valence-corrected chi connectivity index (χ1v) is 7.67. The Morgan fingerprint density at radius 2 is 2.05 bits per heavy atom. The summed E-state index contributed by atoms with van der Waals surface area (Å²) in [6, 6.07) is 8.85. The second-order valence-corrected chi connectivity index (χ2v) is 5.46. The number of hydrogen-bond acceptors (Lipinski definition) is 4. The van der Waals surface area contributed by atoms with Crippen LogP contribution < -0.4 is 10.6 Å². The van der Waals surface area contributed by atoms with Crippen LogP contribution in [0.2, 0.25) is 0 Å². The molecule has 0 bridgehead atoms. The highest BCUT2D eigenvalue weighted by Gasteiger charge is 1.98. The number of thiophene rings is 1. The van der Waals surface area contributed by atoms with Crippen LogP contribution >= 0.6 is 11.3 Å². The van der Waals surface area contributed by atoms with Crippen LogP contribution in [0.4, 0.5) is 0 Å². The quantitative estimate of drug-likeness (QED) is 0.690. The SMILES string of the molecule is CNCCNCCOCCc1ccc2sccc2c1. The van der Waals surface area contributed by atoms with Gasteiger partial charge in [-0.25, -0.2) is 0 Å². The third-order valence-electron chi connectivity index (χ3n) is 3.03. The molecule has 19 heavy (non-hydrogen) atoms. The zero-order chi connectivity index (χ0) is 13.3. The third-order valence-corrected chi connectivity index (χ3v) is 3.92. The van der Waals surface area contributed by atoms with E-state index in [0.29, 0.717) is 0 Å². The van der Waals surface area contributed by atoms with Gasteiger partial charge in [-0.2, -0.15) is 0 Å². The fraction of sp³-hybridized carbons (Fsp3) is 0.467. The Balaban J connectivity index is 1.60. The monoisotopic (exact) mass is 278 g/mol. The summed E-state index contributed by atoms with van der Waals surface area (Å²) in [6.45, 7) is 4.49. The second-order valence-electron chi connectivity index (χ2n) is 4.51. The summed E-state index contributed by atoms with van der Waals surface area (Å²) in [4.78, 5) is 0. The first-order chi connectivity index (χ1) is 9.40. The summed E-state index contributed by atoms with van der Waals surface area (Å²) in [5.74, 6) is 0. The van der Waals surface area contributed by atoms with E-state index in [0.717, 1.165) is 39.3 Å². The van der Waals surface area contributed by atoms with Gasteiger partial charge >= 0.3 is 0 Å². The molecule has 0 aliphatic heterocycles. The predicted molar refractivity (Wildman–Crippen MR) is 83.1 cm³/mol. The minimum atomic E-state index is 0.782. The lowest BCUT2D eigenvalue weighted by molar-refractivity contribution is 0.139. The van der Waals surface area contributed by atoms with Crippen LogP contribution in [0.25, 0.3) is 10.1 Å². The van der Waals surface area contributed by atoms with Crippen molar-refractivity contribution in [2.75, 3.05) is 39.9 Å². The normalized spacial score (nSPS) is 11.2. The van der Waals surface area contributed by atoms with Crippen molar-refractivity contribution in [3.05, 3.63) is 35.2 Å². The van der Waals surface area contributed by atoms with E-state index in [9.17, 15) is 0 Å². The molecule has 1 aromatic heterocycles. The van der Waals surface area contributed by atoms with Gasteiger partial charge in [0.05, 0.1) is 13.2 Å². The van der Waals surface area contributed by atoms with E-state index in [1.807, 2.05) is 7.05 Å². The summed E-state index contributed by atoms with van der Waals surface area (Å²) < 4.78 is 6.99. The average Bonchev–Trinajstić information content (AvgIpc) is 2.89. The molecule has 4 heteroatoms. The zero-order valence-electron chi connectivity index (χ0n) is 11.4. The molecule has 0 aliphatic carbocycles. The van der Waals surface area contributed by atoms with Crippen LogP contribution in [0.15, 0.2) is 29.6 Å². The minimum absolute atomic E-state index is 0.782. The highest BCUT2D eigenvalue weighted by atomic mass is 32.1. The van der Waals surface area contributed by atoms with Crippen molar-refractivity contribution in [3.63, 3.8) is 0 Å². The van der Waals surface area contributed by atoms with Gasteiger partial charge < -0.3 is 15.4 Å². The Morgan fingerprint density at radius 1 is 1.11 bits per heavy atom. The maximum Gasteiger partial charge on any atom is 0.0591 e. The smallest absolute Gasteiger partial charge is 0.0591 e. The Morgan fingerprint density at radius 3 is 2.95 bits per heavy atom. The van der Waals surface area contributed by atoms with Gasteiger partial charge in [0.25, 0.3) is 0 Å². The maximum atomic E-state index is 5.63. The summed E-state index contributed by atoms with van der Waals surface area (Å²) in [7, 11) is 1.96. The lowest BCUT2D eigenvalue weighted by Gasteiger charge is -2.06. The van der Waals surface area contributed by atoms with E-state index in [-0.39, 0.29) is 0 Å². The molecule has 104 valence electrons. The third kappa shape index (κ3) is 4.91. The van der Waals surface area contributed by atoms with Crippen LogP contribution in [0.5, 0.6) is 0 Å². The Bertz CT molecular complexity index is 484. The molecule has 0 atom stereocenters. The highest BCUT2D eigenvalue weighted by molar-refractivity contribution is 7.17. The number of benzene rings is 1. The van der Waals surface area contributed by atoms with E-state index in [2.05, 4.69) is 40.3 Å². The van der Waals surface area contributed by atoms with Crippen LogP contribution in [0, 0.1) is 0 Å². The summed E-state index contributed by atoms with van der Waals surface area (Å²) in [5.41, 5.74) is 1.36. The van der Waals surface area contributed by atoms with E-state index < -0.39 is 0 Å². The molecule has 0 aliphatic rings. The fourth-order valence-corrected chi connectivity index (χ4v) is 2.72. The van der Waals surface area contributed by atoms with Crippen molar-refractivity contribution in [1.82, 2.24) is 10.6 Å². The summed E-state index contributed by atoms with van der Waals surface area (Å²) in [6.07, 6.45) is 0.988. The number of rotatable bonds is 9. The molecule has 0 fully saturated rings. The molecule has 2 rings (SSSR count). The van der Waals surface area contributed by atoms with Crippen molar-refractivity contribution in [2.45, 2.75) is 6.42 Å². The van der Waals surface area contributed by atoms with Gasteiger partial charge in [0.15, 0.2) is 0 Å². The molecular formula is C15H22N2OS. The van der Waals surface area contributed by atoms with Crippen molar-refractivity contribution in [3.8, 4) is 0 Å². The van der Waals surface area contributed by atoms with Crippen LogP contribution in [0.1, 0.15) is 5.56 Å². The molecule has 0 saturated heterocycles.